The van der Waals surface area contributed by atoms with Crippen molar-refractivity contribution in [2.24, 2.45) is 10.4 Å². The molecular formula is C13H20BF2NO3. The van der Waals surface area contributed by atoms with E-state index in [9.17, 15) is 8.78 Å². The van der Waals surface area contributed by atoms with Gasteiger partial charge in [-0.25, -0.2) is 4.99 Å². The van der Waals surface area contributed by atoms with Crippen LogP contribution in [-0.2, 0) is 14.0 Å². The number of aliphatic imine (C=N–C) groups is 1. The van der Waals surface area contributed by atoms with Crippen molar-refractivity contribution >= 4 is 13.0 Å². The molecule has 0 bridgehead atoms. The van der Waals surface area contributed by atoms with Crippen molar-refractivity contribution in [3.05, 3.63) is 11.7 Å². The first-order chi connectivity index (χ1) is 8.97. The van der Waals surface area contributed by atoms with Crippen molar-refractivity contribution in [3.63, 3.8) is 0 Å². The minimum Gasteiger partial charge on any atom is -0.420 e. The summed E-state index contributed by atoms with van der Waals surface area (Å²) in [5.41, 5.74) is -1.06. The molecule has 1 fully saturated rings. The normalized spacial score (nSPS) is 26.8. The van der Waals surface area contributed by atoms with Crippen LogP contribution in [0.4, 0.5) is 8.78 Å². The fourth-order valence-electron chi connectivity index (χ4n) is 2.16. The molecule has 0 unspecified atom stereocenters. The number of halogens is 2. The van der Waals surface area contributed by atoms with Gasteiger partial charge in [0.05, 0.1) is 16.6 Å². The lowest BCUT2D eigenvalue weighted by Crippen LogP contribution is -2.41. The molecule has 0 aliphatic carbocycles. The van der Waals surface area contributed by atoms with Crippen LogP contribution in [0, 0.1) is 5.41 Å². The predicted molar refractivity (Wildman–Crippen MR) is 72.5 cm³/mol. The van der Waals surface area contributed by atoms with Gasteiger partial charge in [0.25, 0.3) is 0 Å². The second-order valence-corrected chi connectivity index (χ2v) is 6.61. The van der Waals surface area contributed by atoms with Crippen LogP contribution in [0.5, 0.6) is 0 Å². The zero-order valence-corrected chi connectivity index (χ0v) is 12.7. The van der Waals surface area contributed by atoms with Gasteiger partial charge in [0.1, 0.15) is 0 Å². The molecule has 4 nitrogen and oxygen atoms in total. The van der Waals surface area contributed by atoms with Gasteiger partial charge in [-0.3, -0.25) is 0 Å². The molecule has 0 N–H and O–H groups in total. The van der Waals surface area contributed by atoms with Crippen molar-refractivity contribution in [1.82, 2.24) is 0 Å². The van der Waals surface area contributed by atoms with E-state index in [4.69, 9.17) is 9.31 Å². The summed E-state index contributed by atoms with van der Waals surface area (Å²) in [7, 11) is -0.613. The molecule has 0 saturated carbocycles. The Morgan fingerprint density at radius 1 is 1.10 bits per heavy atom. The number of nitrogens with zero attached hydrogens (tertiary/aromatic N) is 1. The summed E-state index contributed by atoms with van der Waals surface area (Å²) in [5, 5.41) is 0. The lowest BCUT2D eigenvalue weighted by Gasteiger charge is -2.32. The molecule has 0 amide bonds. The third-order valence-electron chi connectivity index (χ3n) is 4.29. The number of hydrogen-bond acceptors (Lipinski definition) is 4. The highest BCUT2D eigenvalue weighted by Crippen LogP contribution is 2.44. The van der Waals surface area contributed by atoms with Gasteiger partial charge >= 0.3 is 13.7 Å². The van der Waals surface area contributed by atoms with E-state index in [-0.39, 0.29) is 5.90 Å². The average Bonchev–Trinajstić information content (AvgIpc) is 2.62. The zero-order chi connectivity index (χ0) is 15.3. The summed E-state index contributed by atoms with van der Waals surface area (Å²) in [4.78, 5) is 3.94. The van der Waals surface area contributed by atoms with E-state index < -0.39 is 30.3 Å². The van der Waals surface area contributed by atoms with Gasteiger partial charge < -0.3 is 14.0 Å². The Kier molecular flexibility index (Phi) is 3.50. The van der Waals surface area contributed by atoms with Crippen LogP contribution in [-0.4, -0.2) is 30.8 Å². The summed E-state index contributed by atoms with van der Waals surface area (Å²) in [6, 6.07) is 0. The molecule has 0 aromatic rings. The molecule has 2 heterocycles. The van der Waals surface area contributed by atoms with Crippen LogP contribution >= 0.6 is 0 Å². The summed E-state index contributed by atoms with van der Waals surface area (Å²) >= 11 is 0. The minimum absolute atomic E-state index is 0.0165. The van der Waals surface area contributed by atoms with Gasteiger partial charge in [0.15, 0.2) is 0 Å². The SMILES string of the molecule is CC1(C)C(B2OC(C)(C)C(C)(C)O2)=CN=C1OC(F)F. The first-order valence-electron chi connectivity index (χ1n) is 6.57. The molecule has 1 saturated heterocycles. The van der Waals surface area contributed by atoms with Crippen molar-refractivity contribution < 1.29 is 22.8 Å². The second kappa shape index (κ2) is 4.53. The Morgan fingerprint density at radius 3 is 2.05 bits per heavy atom. The zero-order valence-electron chi connectivity index (χ0n) is 12.7. The predicted octanol–water partition coefficient (Wildman–Crippen LogP) is 3.18. The lowest BCUT2D eigenvalue weighted by molar-refractivity contribution is -0.0659. The number of rotatable bonds is 2. The summed E-state index contributed by atoms with van der Waals surface area (Å²) in [5.74, 6) is -0.0165. The molecule has 7 heteroatoms. The van der Waals surface area contributed by atoms with Crippen molar-refractivity contribution in [2.75, 3.05) is 0 Å². The molecule has 0 spiro atoms. The molecule has 0 atom stereocenters. The Hall–Kier alpha value is -0.945. The fourth-order valence-corrected chi connectivity index (χ4v) is 2.16. The summed E-state index contributed by atoms with van der Waals surface area (Å²) < 4.78 is 41.1. The highest BCUT2D eigenvalue weighted by molar-refractivity contribution is 6.56. The molecular weight excluding hydrogens is 267 g/mol. The molecule has 2 rings (SSSR count). The molecule has 0 aromatic carbocycles. The molecule has 0 radical (unpaired) electrons. The van der Waals surface area contributed by atoms with Crippen LogP contribution in [0.25, 0.3) is 0 Å². The Bertz CT molecular complexity index is 456. The van der Waals surface area contributed by atoms with Crippen LogP contribution < -0.4 is 0 Å². The molecule has 2 aliphatic heterocycles. The van der Waals surface area contributed by atoms with E-state index in [1.807, 2.05) is 27.7 Å². The van der Waals surface area contributed by atoms with Gasteiger partial charge in [-0.2, -0.15) is 8.78 Å². The number of hydrogen-bond donors (Lipinski definition) is 0. The maximum Gasteiger partial charge on any atom is 0.493 e. The largest absolute Gasteiger partial charge is 0.493 e. The van der Waals surface area contributed by atoms with E-state index >= 15 is 0 Å². The lowest BCUT2D eigenvalue weighted by atomic mass is 9.65. The Balaban J connectivity index is 2.18. The fraction of sp³-hybridized carbons (Fsp3) is 0.769. The van der Waals surface area contributed by atoms with Crippen molar-refractivity contribution in [1.29, 1.82) is 0 Å². The van der Waals surface area contributed by atoms with Crippen LogP contribution in [0.2, 0.25) is 0 Å². The van der Waals surface area contributed by atoms with E-state index in [1.54, 1.807) is 13.8 Å². The highest BCUT2D eigenvalue weighted by Gasteiger charge is 2.56. The maximum atomic E-state index is 12.4. The summed E-state index contributed by atoms with van der Waals surface area (Å²) in [6.45, 7) is 8.38. The first kappa shape index (κ1) is 15.4. The Labute approximate surface area is 118 Å². The highest BCUT2D eigenvalue weighted by atomic mass is 19.3. The van der Waals surface area contributed by atoms with E-state index in [0.717, 1.165) is 0 Å². The quantitative estimate of drug-likeness (QED) is 0.732. The van der Waals surface area contributed by atoms with E-state index in [0.29, 0.717) is 5.47 Å². The Morgan fingerprint density at radius 2 is 1.60 bits per heavy atom. The van der Waals surface area contributed by atoms with Gasteiger partial charge in [0, 0.05) is 6.20 Å². The second-order valence-electron chi connectivity index (χ2n) is 6.61. The third-order valence-corrected chi connectivity index (χ3v) is 4.29. The van der Waals surface area contributed by atoms with Gasteiger partial charge in [0.2, 0.25) is 5.90 Å². The monoisotopic (exact) mass is 287 g/mol. The van der Waals surface area contributed by atoms with Crippen molar-refractivity contribution in [2.45, 2.75) is 59.4 Å². The molecule has 0 aromatic heterocycles. The van der Waals surface area contributed by atoms with Crippen LogP contribution in [0.3, 0.4) is 0 Å². The molecule has 112 valence electrons. The van der Waals surface area contributed by atoms with Crippen molar-refractivity contribution in [3.8, 4) is 0 Å². The molecule has 20 heavy (non-hydrogen) atoms. The van der Waals surface area contributed by atoms with Gasteiger partial charge in [-0.1, -0.05) is 0 Å². The van der Waals surface area contributed by atoms with E-state index in [1.165, 1.54) is 6.20 Å². The number of alkyl halides is 2. The average molecular weight is 287 g/mol. The topological polar surface area (TPSA) is 40.0 Å². The van der Waals surface area contributed by atoms with Gasteiger partial charge in [-0.05, 0) is 47.0 Å². The summed E-state index contributed by atoms with van der Waals surface area (Å²) in [6.07, 6.45) is 1.50. The van der Waals surface area contributed by atoms with Gasteiger partial charge in [-0.15, -0.1) is 0 Å². The first-order valence-corrected chi connectivity index (χ1v) is 6.57. The molecule has 2 aliphatic rings. The number of ether oxygens (including phenoxy) is 1. The minimum atomic E-state index is -2.89. The van der Waals surface area contributed by atoms with E-state index in [2.05, 4.69) is 9.73 Å². The standard InChI is InChI=1S/C13H20BF2NO3/c1-11(2)8(7-17-9(11)18-10(15)16)14-19-12(3,4)13(5,6)20-14/h7,10H,1-6H3. The maximum absolute atomic E-state index is 12.4. The smallest absolute Gasteiger partial charge is 0.420 e. The third kappa shape index (κ3) is 2.37. The van der Waals surface area contributed by atoms with Crippen LogP contribution in [0.15, 0.2) is 16.7 Å². The van der Waals surface area contributed by atoms with Crippen LogP contribution in [0.1, 0.15) is 41.5 Å².